The molecule has 1 saturated heterocycles. The number of nitrogens with zero attached hydrogens (tertiary/aromatic N) is 2. The lowest BCUT2D eigenvalue weighted by Gasteiger charge is -2.31. The first-order chi connectivity index (χ1) is 9.93. The first kappa shape index (κ1) is 16.4. The number of rotatable bonds is 5. The normalized spacial score (nSPS) is 18.3. The van der Waals surface area contributed by atoms with Gasteiger partial charge < -0.3 is 5.32 Å². The minimum absolute atomic E-state index is 0.370. The van der Waals surface area contributed by atoms with Gasteiger partial charge in [-0.25, -0.2) is 12.7 Å². The van der Waals surface area contributed by atoms with E-state index >= 15 is 0 Å². The van der Waals surface area contributed by atoms with Crippen LogP contribution in [0.3, 0.4) is 0 Å². The lowest BCUT2D eigenvalue weighted by molar-refractivity contribution is 0.194. The number of sulfonamides is 1. The molecule has 1 aliphatic heterocycles. The molecule has 21 heavy (non-hydrogen) atoms. The molecule has 1 N–H and O–H groups in total. The maximum absolute atomic E-state index is 12.2. The van der Waals surface area contributed by atoms with Crippen LogP contribution >= 0.6 is 0 Å². The number of likely N-dealkylation sites (tertiary alicyclic amines) is 1. The van der Waals surface area contributed by atoms with Crippen LogP contribution in [-0.4, -0.2) is 57.9 Å². The van der Waals surface area contributed by atoms with E-state index in [1.807, 2.05) is 19.2 Å². The van der Waals surface area contributed by atoms with Crippen LogP contribution in [0.2, 0.25) is 0 Å². The quantitative estimate of drug-likeness (QED) is 0.885. The van der Waals surface area contributed by atoms with Crippen molar-refractivity contribution >= 4 is 10.0 Å². The largest absolute Gasteiger partial charge is 0.317 e. The van der Waals surface area contributed by atoms with Gasteiger partial charge in [0.1, 0.15) is 0 Å². The Morgan fingerprint density at radius 2 is 1.95 bits per heavy atom. The van der Waals surface area contributed by atoms with Crippen molar-refractivity contribution in [1.29, 1.82) is 0 Å². The predicted octanol–water partition coefficient (Wildman–Crippen LogP) is 1.12. The third-order valence-corrected chi connectivity index (χ3v) is 5.89. The van der Waals surface area contributed by atoms with Crippen LogP contribution < -0.4 is 5.32 Å². The van der Waals surface area contributed by atoms with Crippen molar-refractivity contribution in [2.75, 3.05) is 34.2 Å². The van der Waals surface area contributed by atoms with Gasteiger partial charge in [0.05, 0.1) is 4.90 Å². The molecule has 5 nitrogen and oxygen atoms in total. The van der Waals surface area contributed by atoms with Gasteiger partial charge in [-0.3, -0.25) is 4.90 Å². The number of hydrogen-bond donors (Lipinski definition) is 1. The Kier molecular flexibility index (Phi) is 5.37. The van der Waals surface area contributed by atoms with Gasteiger partial charge in [-0.15, -0.1) is 0 Å². The second-order valence-electron chi connectivity index (χ2n) is 5.77. The Labute approximate surface area is 128 Å². The molecule has 0 amide bonds. The number of nitrogens with one attached hydrogen (secondary N) is 1. The number of piperidine rings is 1. The van der Waals surface area contributed by atoms with Crippen molar-refractivity contribution in [3.8, 4) is 0 Å². The summed E-state index contributed by atoms with van der Waals surface area (Å²) in [4.78, 5) is 2.75. The maximum Gasteiger partial charge on any atom is 0.242 e. The van der Waals surface area contributed by atoms with Crippen molar-refractivity contribution in [2.45, 2.75) is 30.3 Å². The Bertz CT molecular complexity index is 564. The fourth-order valence-corrected chi connectivity index (χ4v) is 3.63. The van der Waals surface area contributed by atoms with E-state index in [-0.39, 0.29) is 0 Å². The molecule has 0 atom stereocenters. The van der Waals surface area contributed by atoms with Crippen molar-refractivity contribution in [3.05, 3.63) is 29.8 Å². The monoisotopic (exact) mass is 311 g/mol. The van der Waals surface area contributed by atoms with Gasteiger partial charge in [0.15, 0.2) is 0 Å². The summed E-state index contributed by atoms with van der Waals surface area (Å²) in [6.45, 7) is 2.92. The van der Waals surface area contributed by atoms with Crippen LogP contribution in [0.15, 0.2) is 29.2 Å². The van der Waals surface area contributed by atoms with Gasteiger partial charge in [0.2, 0.25) is 10.0 Å². The molecule has 1 aromatic rings. The molecule has 0 aliphatic carbocycles. The zero-order valence-corrected chi connectivity index (χ0v) is 13.9. The standard InChI is InChI=1S/C15H25N3O2S/c1-16-14-7-9-18(10-8-14)12-13-5-4-6-15(11-13)21(19,20)17(2)3/h4-6,11,14,16H,7-10,12H2,1-3H3. The highest BCUT2D eigenvalue weighted by atomic mass is 32.2. The summed E-state index contributed by atoms with van der Waals surface area (Å²) < 4.78 is 25.6. The molecule has 0 aromatic heterocycles. The third-order valence-electron chi connectivity index (χ3n) is 4.08. The maximum atomic E-state index is 12.2. The predicted molar refractivity (Wildman–Crippen MR) is 84.7 cm³/mol. The van der Waals surface area contributed by atoms with Crippen LogP contribution in [0.5, 0.6) is 0 Å². The Morgan fingerprint density at radius 1 is 1.29 bits per heavy atom. The molecular formula is C15H25N3O2S. The molecular weight excluding hydrogens is 286 g/mol. The smallest absolute Gasteiger partial charge is 0.242 e. The van der Waals surface area contributed by atoms with E-state index in [4.69, 9.17) is 0 Å². The van der Waals surface area contributed by atoms with Gasteiger partial charge in [0.25, 0.3) is 0 Å². The molecule has 1 aliphatic rings. The topological polar surface area (TPSA) is 52.7 Å². The van der Waals surface area contributed by atoms with Gasteiger partial charge in [-0.1, -0.05) is 12.1 Å². The lowest BCUT2D eigenvalue weighted by atomic mass is 10.0. The molecule has 1 heterocycles. The van der Waals surface area contributed by atoms with Crippen molar-refractivity contribution < 1.29 is 8.42 Å². The molecule has 0 spiro atoms. The first-order valence-corrected chi connectivity index (χ1v) is 8.78. The summed E-state index contributed by atoms with van der Waals surface area (Å²) in [7, 11) is 1.78. The average Bonchev–Trinajstić information content (AvgIpc) is 2.48. The fraction of sp³-hybridized carbons (Fsp3) is 0.600. The van der Waals surface area contributed by atoms with E-state index < -0.39 is 10.0 Å². The van der Waals surface area contributed by atoms with Crippen molar-refractivity contribution in [1.82, 2.24) is 14.5 Å². The van der Waals surface area contributed by atoms with Crippen LogP contribution in [0.4, 0.5) is 0 Å². The van der Waals surface area contributed by atoms with E-state index in [1.54, 1.807) is 26.2 Å². The highest BCUT2D eigenvalue weighted by Crippen LogP contribution is 2.18. The Hall–Kier alpha value is -0.950. The molecule has 0 bridgehead atoms. The summed E-state index contributed by atoms with van der Waals surface area (Å²) in [5, 5.41) is 3.32. The number of benzene rings is 1. The van der Waals surface area contributed by atoms with Gasteiger partial charge in [-0.2, -0.15) is 0 Å². The lowest BCUT2D eigenvalue weighted by Crippen LogP contribution is -2.40. The number of hydrogen-bond acceptors (Lipinski definition) is 4. The highest BCUT2D eigenvalue weighted by Gasteiger charge is 2.20. The molecule has 1 fully saturated rings. The zero-order chi connectivity index (χ0) is 15.5. The summed E-state index contributed by atoms with van der Waals surface area (Å²) in [6, 6.07) is 7.89. The molecule has 6 heteroatoms. The first-order valence-electron chi connectivity index (χ1n) is 7.34. The summed E-state index contributed by atoms with van der Waals surface area (Å²) >= 11 is 0. The second kappa shape index (κ2) is 6.87. The molecule has 118 valence electrons. The highest BCUT2D eigenvalue weighted by molar-refractivity contribution is 7.89. The summed E-state index contributed by atoms with van der Waals surface area (Å²) in [6.07, 6.45) is 2.29. The molecule has 2 rings (SSSR count). The molecule has 0 saturated carbocycles. The van der Waals surface area contributed by atoms with Gasteiger partial charge >= 0.3 is 0 Å². The fourth-order valence-electron chi connectivity index (χ4n) is 2.65. The van der Waals surface area contributed by atoms with Crippen LogP contribution in [0, 0.1) is 0 Å². The van der Waals surface area contributed by atoms with E-state index in [1.165, 1.54) is 4.31 Å². The summed E-state index contributed by atoms with van der Waals surface area (Å²) in [5.74, 6) is 0. The second-order valence-corrected chi connectivity index (χ2v) is 7.93. The summed E-state index contributed by atoms with van der Waals surface area (Å²) in [5.41, 5.74) is 1.06. The average molecular weight is 311 g/mol. The van der Waals surface area contributed by atoms with Gasteiger partial charge in [-0.05, 0) is 50.7 Å². The minimum Gasteiger partial charge on any atom is -0.317 e. The van der Waals surface area contributed by atoms with E-state index in [9.17, 15) is 8.42 Å². The Morgan fingerprint density at radius 3 is 2.52 bits per heavy atom. The van der Waals surface area contributed by atoms with Crippen molar-refractivity contribution in [3.63, 3.8) is 0 Å². The zero-order valence-electron chi connectivity index (χ0n) is 13.0. The van der Waals surface area contributed by atoms with Crippen LogP contribution in [-0.2, 0) is 16.6 Å². The molecule has 1 aromatic carbocycles. The molecule has 0 unspecified atom stereocenters. The van der Waals surface area contributed by atoms with Gasteiger partial charge in [0, 0.05) is 26.7 Å². The van der Waals surface area contributed by atoms with Crippen molar-refractivity contribution in [2.24, 2.45) is 0 Å². The third kappa shape index (κ3) is 4.03. The van der Waals surface area contributed by atoms with E-state index in [0.717, 1.165) is 38.0 Å². The van der Waals surface area contributed by atoms with E-state index in [2.05, 4.69) is 10.2 Å². The van der Waals surface area contributed by atoms with E-state index in [0.29, 0.717) is 10.9 Å². The van der Waals surface area contributed by atoms with Crippen LogP contribution in [0.1, 0.15) is 18.4 Å². The molecule has 0 radical (unpaired) electrons. The van der Waals surface area contributed by atoms with Crippen LogP contribution in [0.25, 0.3) is 0 Å². The minimum atomic E-state index is -3.35. The Balaban J connectivity index is 2.06. The SMILES string of the molecule is CNC1CCN(Cc2cccc(S(=O)(=O)N(C)C)c2)CC1.